The molecule has 0 aliphatic carbocycles. The molecule has 0 amide bonds. The first-order valence-corrected chi connectivity index (χ1v) is 23.6. The number of nitrogens with zero attached hydrogens (tertiary/aromatic N) is 7. The minimum atomic E-state index is 0.574. The normalized spacial score (nSPS) is 12.1. The maximum absolute atomic E-state index is 5.33. The number of aliphatic imine (C=N–C) groups is 2. The number of aromatic nitrogens is 5. The van der Waals surface area contributed by atoms with Gasteiger partial charge in [0.15, 0.2) is 17.5 Å². The first kappa shape index (κ1) is 42.1. The van der Waals surface area contributed by atoms with Gasteiger partial charge in [0.2, 0.25) is 5.95 Å². The van der Waals surface area contributed by atoms with E-state index in [-0.39, 0.29) is 0 Å². The van der Waals surface area contributed by atoms with E-state index < -0.39 is 0 Å². The van der Waals surface area contributed by atoms with Crippen LogP contribution in [-0.2, 0) is 0 Å². The molecule has 0 spiro atoms. The van der Waals surface area contributed by atoms with Gasteiger partial charge in [0.05, 0.1) is 27.8 Å². The SMILES string of the molecule is C=C(N=C(N=C(CC)n1c2ccccc2c2cc(-c3ccc(-c4ccc5c(c4)c4ccccc4n5-c4nc(-c5ccccc5)nc(-c5ccccc5)n4)cc3)ccc21)c1ccccc1)c1ccccc1. The molecule has 0 saturated heterocycles. The lowest BCUT2D eigenvalue weighted by Gasteiger charge is -2.12. The van der Waals surface area contributed by atoms with Crippen LogP contribution in [0.1, 0.15) is 24.5 Å². The van der Waals surface area contributed by atoms with Crippen molar-refractivity contribution < 1.29 is 0 Å². The Balaban J connectivity index is 0.909. The molecule has 9 aromatic carbocycles. The van der Waals surface area contributed by atoms with Crippen molar-refractivity contribution >= 4 is 61.0 Å². The average Bonchev–Trinajstić information content (AvgIpc) is 3.95. The van der Waals surface area contributed by atoms with E-state index in [2.05, 4.69) is 144 Å². The maximum Gasteiger partial charge on any atom is 0.238 e. The molecule has 3 heterocycles. The van der Waals surface area contributed by atoms with Gasteiger partial charge in [-0.25, -0.2) is 15.0 Å². The predicted octanol–water partition coefficient (Wildman–Crippen LogP) is 15.5. The van der Waals surface area contributed by atoms with E-state index in [1.807, 2.05) is 109 Å². The molecule has 0 N–H and O–H groups in total. The Hall–Kier alpha value is -9.33. The highest BCUT2D eigenvalue weighted by Gasteiger charge is 2.20. The van der Waals surface area contributed by atoms with Gasteiger partial charge in [-0.15, -0.1) is 0 Å². The minimum Gasteiger partial charge on any atom is -0.297 e. The molecular formula is C63H45N7. The van der Waals surface area contributed by atoms with Crippen molar-refractivity contribution in [3.05, 3.63) is 248 Å². The molecule has 0 bridgehead atoms. The fraction of sp³-hybridized carbons (Fsp3) is 0.0317. The summed E-state index contributed by atoms with van der Waals surface area (Å²) in [4.78, 5) is 25.5. The third-order valence-corrected chi connectivity index (χ3v) is 13.0. The van der Waals surface area contributed by atoms with Crippen molar-refractivity contribution in [2.24, 2.45) is 9.98 Å². The molecule has 7 nitrogen and oxygen atoms in total. The van der Waals surface area contributed by atoms with Crippen LogP contribution in [0.5, 0.6) is 0 Å². The lowest BCUT2D eigenvalue weighted by atomic mass is 9.98. The summed E-state index contributed by atoms with van der Waals surface area (Å²) >= 11 is 0. The van der Waals surface area contributed by atoms with Crippen LogP contribution in [0.4, 0.5) is 0 Å². The molecule has 0 unspecified atom stereocenters. The predicted molar refractivity (Wildman–Crippen MR) is 290 cm³/mol. The van der Waals surface area contributed by atoms with Gasteiger partial charge in [0.1, 0.15) is 5.84 Å². The number of benzene rings is 9. The molecular weight excluding hydrogens is 855 g/mol. The fourth-order valence-electron chi connectivity index (χ4n) is 9.52. The van der Waals surface area contributed by atoms with Crippen molar-refractivity contribution in [2.75, 3.05) is 0 Å². The second-order valence-electron chi connectivity index (χ2n) is 17.3. The summed E-state index contributed by atoms with van der Waals surface area (Å²) in [5.41, 5.74) is 13.2. The Bertz CT molecular complexity index is 3910. The van der Waals surface area contributed by atoms with Crippen LogP contribution in [0.2, 0.25) is 0 Å². The average molecular weight is 900 g/mol. The van der Waals surface area contributed by atoms with Gasteiger partial charge in [-0.05, 0) is 64.2 Å². The smallest absolute Gasteiger partial charge is 0.238 e. The van der Waals surface area contributed by atoms with Crippen molar-refractivity contribution in [3.63, 3.8) is 0 Å². The van der Waals surface area contributed by atoms with E-state index in [1.54, 1.807) is 0 Å². The Kier molecular flexibility index (Phi) is 10.8. The molecule has 0 saturated carbocycles. The van der Waals surface area contributed by atoms with E-state index >= 15 is 0 Å². The summed E-state index contributed by atoms with van der Waals surface area (Å²) in [5, 5.41) is 4.59. The van der Waals surface area contributed by atoms with Gasteiger partial charge in [-0.2, -0.15) is 9.97 Å². The number of hydrogen-bond acceptors (Lipinski definition) is 4. The number of para-hydroxylation sites is 2. The van der Waals surface area contributed by atoms with Crippen molar-refractivity contribution in [3.8, 4) is 51.0 Å². The molecule has 0 radical (unpaired) electrons. The van der Waals surface area contributed by atoms with Crippen LogP contribution >= 0.6 is 0 Å². The topological polar surface area (TPSA) is 73.2 Å². The molecule has 332 valence electrons. The Morgan fingerprint density at radius 2 is 0.829 bits per heavy atom. The third kappa shape index (κ3) is 7.75. The highest BCUT2D eigenvalue weighted by atomic mass is 15.2. The summed E-state index contributed by atoms with van der Waals surface area (Å²) in [6, 6.07) is 79.9. The first-order chi connectivity index (χ1) is 34.6. The molecule has 12 aromatic rings. The van der Waals surface area contributed by atoms with Crippen LogP contribution in [0.3, 0.4) is 0 Å². The molecule has 0 aliphatic heterocycles. The highest BCUT2D eigenvalue weighted by Crippen LogP contribution is 2.37. The van der Waals surface area contributed by atoms with Gasteiger partial charge >= 0.3 is 0 Å². The minimum absolute atomic E-state index is 0.574. The third-order valence-electron chi connectivity index (χ3n) is 13.0. The zero-order valence-electron chi connectivity index (χ0n) is 38.5. The maximum atomic E-state index is 5.33. The Labute approximate surface area is 405 Å². The Morgan fingerprint density at radius 1 is 0.400 bits per heavy atom. The largest absolute Gasteiger partial charge is 0.297 e. The molecule has 3 aromatic heterocycles. The second kappa shape index (κ2) is 18.1. The van der Waals surface area contributed by atoms with E-state index in [9.17, 15) is 0 Å². The number of fused-ring (bicyclic) bond motifs is 6. The van der Waals surface area contributed by atoms with E-state index in [1.165, 1.54) is 5.39 Å². The van der Waals surface area contributed by atoms with Crippen molar-refractivity contribution in [1.29, 1.82) is 0 Å². The molecule has 70 heavy (non-hydrogen) atoms. The van der Waals surface area contributed by atoms with Crippen LogP contribution in [0.15, 0.2) is 247 Å². The molecule has 0 atom stereocenters. The Morgan fingerprint density at radius 3 is 1.40 bits per heavy atom. The molecule has 12 rings (SSSR count). The number of amidine groups is 1. The zero-order chi connectivity index (χ0) is 47.0. The number of rotatable bonds is 9. The highest BCUT2D eigenvalue weighted by molar-refractivity contribution is 6.18. The molecule has 7 heteroatoms. The summed E-state index contributed by atoms with van der Waals surface area (Å²) < 4.78 is 4.46. The summed E-state index contributed by atoms with van der Waals surface area (Å²) in [5.74, 6) is 3.35. The lowest BCUT2D eigenvalue weighted by Crippen LogP contribution is -2.14. The van der Waals surface area contributed by atoms with Gasteiger partial charge in [-0.3, -0.25) is 9.13 Å². The quantitative estimate of drug-likeness (QED) is 0.107. The van der Waals surface area contributed by atoms with Crippen LogP contribution < -0.4 is 0 Å². The van der Waals surface area contributed by atoms with Crippen molar-refractivity contribution in [1.82, 2.24) is 24.1 Å². The van der Waals surface area contributed by atoms with E-state index in [4.69, 9.17) is 24.9 Å². The molecule has 0 aliphatic rings. The first-order valence-electron chi connectivity index (χ1n) is 23.6. The second-order valence-corrected chi connectivity index (χ2v) is 17.3. The summed E-state index contributed by atoms with van der Waals surface area (Å²) in [6.07, 6.45) is 0.689. The fourth-order valence-corrected chi connectivity index (χ4v) is 9.52. The van der Waals surface area contributed by atoms with E-state index in [0.717, 1.165) is 88.6 Å². The van der Waals surface area contributed by atoms with E-state index in [0.29, 0.717) is 35.6 Å². The lowest BCUT2D eigenvalue weighted by molar-refractivity contribution is 0.953. The standard InChI is InChI=1S/C63H45N7/c1-3-59(65-60(46-22-10-5-11-23-46)64-42(2)43-20-8-4-9-21-43)69-55-30-18-16-28-51(55)53-40-49(36-38-57(53)69)44-32-34-45(35-33-44)50-37-39-58-54(41-50)52-29-17-19-31-56(52)70(58)63-67-61(47-24-12-6-13-25-47)66-62(68-63)48-26-14-7-15-27-48/h4-41H,2-3H2,1H3. The monoisotopic (exact) mass is 899 g/mol. The number of hydrogen-bond donors (Lipinski definition) is 0. The van der Waals surface area contributed by atoms with Gasteiger partial charge in [-0.1, -0.05) is 208 Å². The van der Waals surface area contributed by atoms with Crippen molar-refractivity contribution in [2.45, 2.75) is 13.3 Å². The van der Waals surface area contributed by atoms with Gasteiger partial charge in [0.25, 0.3) is 0 Å². The molecule has 0 fully saturated rings. The van der Waals surface area contributed by atoms with Crippen LogP contribution in [0.25, 0.3) is 100 Å². The van der Waals surface area contributed by atoms with Gasteiger partial charge in [0, 0.05) is 44.7 Å². The summed E-state index contributed by atoms with van der Waals surface area (Å²) in [7, 11) is 0. The van der Waals surface area contributed by atoms with Gasteiger partial charge < -0.3 is 0 Å². The zero-order valence-corrected chi connectivity index (χ0v) is 38.5. The van der Waals surface area contributed by atoms with Crippen LogP contribution in [0, 0.1) is 0 Å². The summed E-state index contributed by atoms with van der Waals surface area (Å²) in [6.45, 7) is 6.48. The van der Waals surface area contributed by atoms with Crippen LogP contribution in [-0.4, -0.2) is 35.8 Å².